The second-order valence-corrected chi connectivity index (χ2v) is 14.1. The van der Waals surface area contributed by atoms with E-state index in [1.165, 1.54) is 21.8 Å². The number of fused-ring (bicyclic) bond motifs is 6. The third-order valence-electron chi connectivity index (χ3n) is 10.8. The van der Waals surface area contributed by atoms with Crippen molar-refractivity contribution in [2.24, 2.45) is 0 Å². The molecular formula is C51H33N5. The zero-order chi connectivity index (χ0) is 37.0. The number of rotatable bonds is 6. The van der Waals surface area contributed by atoms with Crippen LogP contribution in [0.15, 0.2) is 200 Å². The molecule has 3 aromatic heterocycles. The molecule has 11 rings (SSSR count). The number of benzene rings is 8. The Morgan fingerprint density at radius 1 is 0.286 bits per heavy atom. The van der Waals surface area contributed by atoms with Gasteiger partial charge < -0.3 is 4.57 Å². The lowest BCUT2D eigenvalue weighted by Crippen LogP contribution is -2.06. The van der Waals surface area contributed by atoms with Gasteiger partial charge in [-0.2, -0.15) is 9.97 Å². The van der Waals surface area contributed by atoms with Gasteiger partial charge in [0.15, 0.2) is 11.6 Å². The maximum absolute atomic E-state index is 5.28. The van der Waals surface area contributed by atoms with Crippen LogP contribution in [0.25, 0.3) is 100 Å². The SMILES string of the molecule is c1ccc(-c2cccc(-c3nc(-c4cccc(-c5ccccc5-n5c6ccccc6c6ccccc65)c4)nc(-n4c5ccccc5c5ccccc54)n3)c2)cc1. The van der Waals surface area contributed by atoms with Crippen molar-refractivity contribution in [2.45, 2.75) is 0 Å². The van der Waals surface area contributed by atoms with Gasteiger partial charge in [0.1, 0.15) is 0 Å². The van der Waals surface area contributed by atoms with Crippen molar-refractivity contribution in [1.82, 2.24) is 24.1 Å². The molecule has 5 nitrogen and oxygen atoms in total. The molecule has 0 saturated carbocycles. The van der Waals surface area contributed by atoms with Gasteiger partial charge in [0.2, 0.25) is 5.95 Å². The maximum atomic E-state index is 5.28. The van der Waals surface area contributed by atoms with Crippen molar-refractivity contribution in [2.75, 3.05) is 0 Å². The molecule has 3 heterocycles. The Kier molecular flexibility index (Phi) is 7.42. The third-order valence-corrected chi connectivity index (χ3v) is 10.8. The van der Waals surface area contributed by atoms with Gasteiger partial charge in [-0.3, -0.25) is 4.57 Å². The van der Waals surface area contributed by atoms with E-state index in [1.54, 1.807) is 0 Å². The summed E-state index contributed by atoms with van der Waals surface area (Å²) < 4.78 is 4.55. The van der Waals surface area contributed by atoms with Crippen molar-refractivity contribution in [3.8, 4) is 56.7 Å². The van der Waals surface area contributed by atoms with Crippen LogP contribution in [0.5, 0.6) is 0 Å². The zero-order valence-electron chi connectivity index (χ0n) is 30.3. The molecule has 0 spiro atoms. The lowest BCUT2D eigenvalue weighted by molar-refractivity contribution is 0.953. The fourth-order valence-corrected chi connectivity index (χ4v) is 8.25. The number of hydrogen-bond acceptors (Lipinski definition) is 3. The maximum Gasteiger partial charge on any atom is 0.238 e. The van der Waals surface area contributed by atoms with Crippen LogP contribution in [0, 0.1) is 0 Å². The van der Waals surface area contributed by atoms with E-state index in [9.17, 15) is 0 Å². The van der Waals surface area contributed by atoms with E-state index in [2.05, 4.69) is 203 Å². The van der Waals surface area contributed by atoms with Crippen LogP contribution >= 0.6 is 0 Å². The summed E-state index contributed by atoms with van der Waals surface area (Å²) in [5, 5.41) is 4.78. The molecule has 0 amide bonds. The topological polar surface area (TPSA) is 48.5 Å². The van der Waals surface area contributed by atoms with Crippen LogP contribution in [-0.2, 0) is 0 Å². The lowest BCUT2D eigenvalue weighted by atomic mass is 10.0. The van der Waals surface area contributed by atoms with Gasteiger partial charge in [-0.15, -0.1) is 0 Å². The normalized spacial score (nSPS) is 11.6. The average molecular weight is 716 g/mol. The van der Waals surface area contributed by atoms with Crippen molar-refractivity contribution >= 4 is 43.6 Å². The van der Waals surface area contributed by atoms with Gasteiger partial charge >= 0.3 is 0 Å². The molecule has 0 saturated heterocycles. The second kappa shape index (κ2) is 13.0. The van der Waals surface area contributed by atoms with Crippen molar-refractivity contribution < 1.29 is 0 Å². The molecule has 0 aliphatic carbocycles. The van der Waals surface area contributed by atoms with Crippen molar-refractivity contribution in [3.63, 3.8) is 0 Å². The van der Waals surface area contributed by atoms with Crippen LogP contribution in [0.2, 0.25) is 0 Å². The first-order valence-electron chi connectivity index (χ1n) is 18.9. The van der Waals surface area contributed by atoms with Gasteiger partial charge in [0, 0.05) is 38.2 Å². The summed E-state index contributed by atoms with van der Waals surface area (Å²) in [6.45, 7) is 0. The summed E-state index contributed by atoms with van der Waals surface area (Å²) in [6, 6.07) is 70.3. The molecule has 0 fully saturated rings. The molecule has 56 heavy (non-hydrogen) atoms. The van der Waals surface area contributed by atoms with E-state index in [0.29, 0.717) is 17.6 Å². The van der Waals surface area contributed by atoms with E-state index in [4.69, 9.17) is 15.0 Å². The minimum absolute atomic E-state index is 0.573. The summed E-state index contributed by atoms with van der Waals surface area (Å²) in [7, 11) is 0. The molecule has 0 N–H and O–H groups in total. The summed E-state index contributed by atoms with van der Waals surface area (Å²) >= 11 is 0. The van der Waals surface area contributed by atoms with E-state index >= 15 is 0 Å². The number of para-hydroxylation sites is 5. The summed E-state index contributed by atoms with van der Waals surface area (Å²) in [4.78, 5) is 15.7. The predicted molar refractivity (Wildman–Crippen MR) is 230 cm³/mol. The van der Waals surface area contributed by atoms with Gasteiger partial charge in [-0.1, -0.05) is 158 Å². The van der Waals surface area contributed by atoms with E-state index in [1.807, 2.05) is 6.07 Å². The Hall–Kier alpha value is -7.63. The fourth-order valence-electron chi connectivity index (χ4n) is 8.25. The molecule has 0 radical (unpaired) electrons. The quantitative estimate of drug-likeness (QED) is 0.172. The van der Waals surface area contributed by atoms with E-state index in [0.717, 1.165) is 60.9 Å². The standard InChI is InChI=1S/C51H33N5/c1-2-16-34(17-3-1)35-18-14-20-37(32-35)49-52-50(54-51(53-49)56-47-30-12-7-25-42(47)43-26-8-13-31-48(43)56)38-21-15-19-36(33-38)39-22-4-9-27-44(39)55-45-28-10-5-23-40(45)41-24-6-11-29-46(41)55/h1-33H. The number of aromatic nitrogens is 5. The van der Waals surface area contributed by atoms with Crippen LogP contribution in [0.3, 0.4) is 0 Å². The van der Waals surface area contributed by atoms with Gasteiger partial charge in [-0.05, 0) is 59.2 Å². The smallest absolute Gasteiger partial charge is 0.238 e. The molecule has 5 heteroatoms. The first kappa shape index (κ1) is 31.9. The minimum atomic E-state index is 0.573. The first-order valence-corrected chi connectivity index (χ1v) is 18.9. The van der Waals surface area contributed by atoms with E-state index < -0.39 is 0 Å². The van der Waals surface area contributed by atoms with Gasteiger partial charge in [0.05, 0.1) is 27.8 Å². The molecular weight excluding hydrogens is 683 g/mol. The van der Waals surface area contributed by atoms with Crippen LogP contribution < -0.4 is 0 Å². The Balaban J connectivity index is 1.12. The lowest BCUT2D eigenvalue weighted by Gasteiger charge is -2.15. The highest BCUT2D eigenvalue weighted by atomic mass is 15.2. The molecule has 11 aromatic rings. The molecule has 0 bridgehead atoms. The minimum Gasteiger partial charge on any atom is -0.309 e. The second-order valence-electron chi connectivity index (χ2n) is 14.1. The Morgan fingerprint density at radius 3 is 1.27 bits per heavy atom. The summed E-state index contributed by atoms with van der Waals surface area (Å²) in [5.41, 5.74) is 11.8. The molecule has 8 aromatic carbocycles. The highest BCUT2D eigenvalue weighted by molar-refractivity contribution is 6.10. The van der Waals surface area contributed by atoms with Crippen LogP contribution in [0.4, 0.5) is 0 Å². The predicted octanol–water partition coefficient (Wildman–Crippen LogP) is 12.7. The molecule has 262 valence electrons. The summed E-state index contributed by atoms with van der Waals surface area (Å²) in [6.07, 6.45) is 0. The molecule has 0 aliphatic rings. The van der Waals surface area contributed by atoms with Crippen molar-refractivity contribution in [3.05, 3.63) is 200 Å². The summed E-state index contributed by atoms with van der Waals surface area (Å²) in [5.74, 6) is 1.79. The van der Waals surface area contributed by atoms with E-state index in [-0.39, 0.29) is 0 Å². The average Bonchev–Trinajstić information content (AvgIpc) is 3.80. The third kappa shape index (κ3) is 5.21. The van der Waals surface area contributed by atoms with Gasteiger partial charge in [0.25, 0.3) is 0 Å². The largest absolute Gasteiger partial charge is 0.309 e. The first-order chi connectivity index (χ1) is 27.8. The molecule has 0 atom stereocenters. The van der Waals surface area contributed by atoms with Gasteiger partial charge in [-0.25, -0.2) is 4.98 Å². The van der Waals surface area contributed by atoms with Crippen LogP contribution in [0.1, 0.15) is 0 Å². The number of nitrogens with zero attached hydrogens (tertiary/aromatic N) is 5. The Morgan fingerprint density at radius 2 is 0.696 bits per heavy atom. The Bertz CT molecular complexity index is 3160. The molecule has 0 aliphatic heterocycles. The molecule has 0 unspecified atom stereocenters. The van der Waals surface area contributed by atoms with Crippen molar-refractivity contribution in [1.29, 1.82) is 0 Å². The fraction of sp³-hybridized carbons (Fsp3) is 0. The van der Waals surface area contributed by atoms with Crippen LogP contribution in [-0.4, -0.2) is 24.1 Å². The number of hydrogen-bond donors (Lipinski definition) is 0. The Labute approximate surface area is 323 Å². The zero-order valence-corrected chi connectivity index (χ0v) is 30.3. The highest BCUT2D eigenvalue weighted by Gasteiger charge is 2.19. The highest BCUT2D eigenvalue weighted by Crippen LogP contribution is 2.38. The monoisotopic (exact) mass is 715 g/mol.